The highest BCUT2D eigenvalue weighted by atomic mass is 31.2. The van der Waals surface area contributed by atoms with Crippen molar-refractivity contribution in [3.8, 4) is 0 Å². The maximum Gasteiger partial charge on any atom is 0.476 e. The van der Waals surface area contributed by atoms with Gasteiger partial charge in [0.15, 0.2) is 0 Å². The molecular weight excluding hydrogens is 948 g/mol. The molecule has 0 aliphatic carbocycles. The number of phosphoric ester groups is 1. The zero-order chi connectivity index (χ0) is 56.0. The molecule has 0 spiro atoms. The van der Waals surface area contributed by atoms with Crippen molar-refractivity contribution in [2.75, 3.05) is 0 Å². The number of rotatable bonds is 39. The van der Waals surface area contributed by atoms with Crippen LogP contribution in [0.3, 0.4) is 0 Å². The van der Waals surface area contributed by atoms with Crippen LogP contribution in [0, 0.1) is 78.4 Å². The van der Waals surface area contributed by atoms with E-state index in [0.29, 0.717) is 38.5 Å². The Kier molecular flexibility index (Phi) is 24.8. The van der Waals surface area contributed by atoms with E-state index in [-0.39, 0.29) is 38.5 Å². The quantitative estimate of drug-likeness (QED) is 0.0314. The van der Waals surface area contributed by atoms with Gasteiger partial charge in [-0.3, -0.25) is 74.3 Å². The SMILES string of the molecule is CCCCC(CC)C(CC(C)(C)[N+](=O)[O-])(CC(C)(C)[N+](=O)[O-])OP(=O)(OC(CC(C)(C)[N+](=O)[O-])(CC(C)(C)[N+](=O)[O-])C(CC)CCCC)OC(CC(C)(C)[N+](=O)[O-])(CC(C)(C)[N+](=O)[O-])C(CC)CCCC. The smallest absolute Gasteiger partial charge is 0.279 e. The van der Waals surface area contributed by atoms with Crippen molar-refractivity contribution in [2.24, 2.45) is 17.8 Å². The third-order valence-electron chi connectivity index (χ3n) is 14.7. The average Bonchev–Trinajstić information content (AvgIpc) is 3.19. The standard InChI is InChI=1S/C48H93N6O16P/c1-19-25-28-37(22-4)46(31-40(7,8)49(55)56,32-41(9,10)50(57)58)68-71(67,69-47(33-42(11,12)51(59)60,34-43(13,14)52(61)62)38(23-5)29-26-20-2)70-48(35-44(15,16)53(63)64,36-45(17,18)54(65)66)39(24-6)30-27-21-3/h37-39H,19-36H2,1-18H3. The number of phosphoric acid groups is 1. The van der Waals surface area contributed by atoms with Crippen molar-refractivity contribution in [3.05, 3.63) is 60.7 Å². The largest absolute Gasteiger partial charge is 0.476 e. The fraction of sp³-hybridized carbons (Fsp3) is 1.00. The number of nitrogens with zero attached hydrogens (tertiary/aromatic N) is 6. The fourth-order valence-corrected chi connectivity index (χ4v) is 13.1. The van der Waals surface area contributed by atoms with Gasteiger partial charge in [-0.25, -0.2) is 4.57 Å². The van der Waals surface area contributed by atoms with Gasteiger partial charge in [0.25, 0.3) is 0 Å². The fourth-order valence-electron chi connectivity index (χ4n) is 10.8. The Bertz CT molecular complexity index is 1570. The van der Waals surface area contributed by atoms with E-state index in [1.807, 2.05) is 20.8 Å². The summed E-state index contributed by atoms with van der Waals surface area (Å²) in [5, 5.41) is 78.7. The van der Waals surface area contributed by atoms with Crippen molar-refractivity contribution in [2.45, 2.75) is 290 Å². The Morgan fingerprint density at radius 3 is 0.620 bits per heavy atom. The maximum atomic E-state index is 17.6. The van der Waals surface area contributed by atoms with Crippen LogP contribution in [0.2, 0.25) is 0 Å². The average molecular weight is 1040 g/mol. The summed E-state index contributed by atoms with van der Waals surface area (Å²) < 4.78 is 39.1. The van der Waals surface area contributed by atoms with Crippen LogP contribution in [-0.4, -0.2) is 79.6 Å². The number of nitro groups is 6. The first-order chi connectivity index (χ1) is 32.1. The lowest BCUT2D eigenvalue weighted by atomic mass is 9.69. The van der Waals surface area contributed by atoms with Crippen molar-refractivity contribution in [3.63, 3.8) is 0 Å². The molecule has 0 bridgehead atoms. The summed E-state index contributed by atoms with van der Waals surface area (Å²) in [4.78, 5) is 75.1. The second-order valence-electron chi connectivity index (χ2n) is 24.1. The first-order valence-electron chi connectivity index (χ1n) is 25.7. The van der Waals surface area contributed by atoms with Gasteiger partial charge in [0.05, 0.1) is 16.8 Å². The van der Waals surface area contributed by atoms with Crippen LogP contribution in [-0.2, 0) is 18.1 Å². The highest BCUT2D eigenvalue weighted by molar-refractivity contribution is 7.48. The van der Waals surface area contributed by atoms with Crippen LogP contribution in [0.5, 0.6) is 0 Å². The van der Waals surface area contributed by atoms with Crippen LogP contribution in [0.4, 0.5) is 0 Å². The predicted octanol–water partition coefficient (Wildman–Crippen LogP) is 13.7. The molecule has 0 fully saturated rings. The molecule has 416 valence electrons. The van der Waals surface area contributed by atoms with Crippen LogP contribution in [0.25, 0.3) is 0 Å². The third-order valence-corrected chi connectivity index (χ3v) is 16.4. The van der Waals surface area contributed by atoms with E-state index in [2.05, 4.69) is 0 Å². The summed E-state index contributed by atoms with van der Waals surface area (Å²) in [7, 11) is -5.91. The molecule has 22 nitrogen and oxygen atoms in total. The number of hydrogen-bond donors (Lipinski definition) is 0. The van der Waals surface area contributed by atoms with E-state index < -0.39 is 144 Å². The molecule has 0 amide bonds. The molecule has 0 heterocycles. The van der Waals surface area contributed by atoms with Gasteiger partial charge in [0, 0.05) is 151 Å². The van der Waals surface area contributed by atoms with Crippen molar-refractivity contribution >= 4 is 7.82 Å². The van der Waals surface area contributed by atoms with E-state index in [0.717, 1.165) is 0 Å². The highest BCUT2D eigenvalue weighted by Gasteiger charge is 2.65. The van der Waals surface area contributed by atoms with Crippen LogP contribution < -0.4 is 0 Å². The van der Waals surface area contributed by atoms with E-state index >= 15 is 4.57 Å². The maximum absolute atomic E-state index is 17.6. The van der Waals surface area contributed by atoms with Crippen molar-refractivity contribution < 1.29 is 47.7 Å². The van der Waals surface area contributed by atoms with Gasteiger partial charge in [-0.05, 0) is 37.0 Å². The Morgan fingerprint density at radius 1 is 0.352 bits per heavy atom. The minimum Gasteiger partial charge on any atom is -0.279 e. The van der Waals surface area contributed by atoms with E-state index in [1.54, 1.807) is 20.8 Å². The highest BCUT2D eigenvalue weighted by Crippen LogP contribution is 2.67. The lowest BCUT2D eigenvalue weighted by Crippen LogP contribution is -2.57. The van der Waals surface area contributed by atoms with Crippen LogP contribution in [0.1, 0.15) is 240 Å². The molecule has 0 aromatic carbocycles. The molecule has 0 aromatic heterocycles. The van der Waals surface area contributed by atoms with Gasteiger partial charge in [0.2, 0.25) is 33.2 Å². The molecule has 0 aromatic rings. The molecule has 0 aliphatic rings. The van der Waals surface area contributed by atoms with E-state index in [1.165, 1.54) is 83.1 Å². The lowest BCUT2D eigenvalue weighted by molar-refractivity contribution is -0.575. The molecule has 0 saturated heterocycles. The normalized spacial score (nSPS) is 15.9. The van der Waals surface area contributed by atoms with E-state index in [4.69, 9.17) is 13.6 Å². The second kappa shape index (κ2) is 26.1. The van der Waals surface area contributed by atoms with Gasteiger partial charge in [-0.2, -0.15) is 0 Å². The van der Waals surface area contributed by atoms with Gasteiger partial charge in [0.1, 0.15) is 0 Å². The Balaban J connectivity index is 10.3. The third kappa shape index (κ3) is 18.4. The molecule has 3 unspecified atom stereocenters. The summed E-state index contributed by atoms with van der Waals surface area (Å²) >= 11 is 0. The number of hydrogen-bond acceptors (Lipinski definition) is 16. The number of unbranched alkanes of at least 4 members (excludes halogenated alkanes) is 3. The van der Waals surface area contributed by atoms with Gasteiger partial charge >= 0.3 is 7.82 Å². The first kappa shape index (κ1) is 67.5. The summed E-state index contributed by atoms with van der Waals surface area (Å²) in [6.45, 7) is 26.3. The summed E-state index contributed by atoms with van der Waals surface area (Å²) in [6.07, 6.45) is 0.365. The predicted molar refractivity (Wildman–Crippen MR) is 273 cm³/mol. The minimum atomic E-state index is -5.91. The molecule has 23 heteroatoms. The molecule has 0 N–H and O–H groups in total. The Labute approximate surface area is 423 Å². The van der Waals surface area contributed by atoms with Gasteiger partial charge in [-0.15, -0.1) is 0 Å². The van der Waals surface area contributed by atoms with Crippen LogP contribution in [0.15, 0.2) is 0 Å². The monoisotopic (exact) mass is 1040 g/mol. The van der Waals surface area contributed by atoms with Crippen LogP contribution >= 0.6 is 7.82 Å². The zero-order valence-electron chi connectivity index (χ0n) is 46.6. The van der Waals surface area contributed by atoms with Crippen molar-refractivity contribution in [1.29, 1.82) is 0 Å². The first-order valence-corrected chi connectivity index (χ1v) is 27.1. The summed E-state index contributed by atoms with van der Waals surface area (Å²) in [5.41, 5.74) is -18.5. The summed E-state index contributed by atoms with van der Waals surface area (Å²) in [6, 6.07) is 0. The molecule has 3 atom stereocenters. The lowest BCUT2D eigenvalue weighted by Gasteiger charge is -2.51. The minimum absolute atomic E-state index is 0.144. The molecule has 71 heavy (non-hydrogen) atoms. The molecule has 0 rings (SSSR count). The summed E-state index contributed by atoms with van der Waals surface area (Å²) in [5.74, 6) is -2.65. The van der Waals surface area contributed by atoms with Crippen molar-refractivity contribution in [1.82, 2.24) is 0 Å². The molecular formula is C48H93N6O16P. The van der Waals surface area contributed by atoms with Gasteiger partial charge < -0.3 is 0 Å². The Hall–Kier alpha value is -3.49. The topological polar surface area (TPSA) is 304 Å². The zero-order valence-corrected chi connectivity index (χ0v) is 47.5. The van der Waals surface area contributed by atoms with Gasteiger partial charge in [-0.1, -0.05) is 99.3 Å². The Morgan fingerprint density at radius 2 is 0.507 bits per heavy atom. The molecule has 0 aliphatic heterocycles. The second-order valence-corrected chi connectivity index (χ2v) is 25.6. The molecule has 0 radical (unpaired) electrons. The van der Waals surface area contributed by atoms with E-state index in [9.17, 15) is 60.7 Å². The molecule has 0 saturated carbocycles.